The summed E-state index contributed by atoms with van der Waals surface area (Å²) in [4.78, 5) is 27.3. The van der Waals surface area contributed by atoms with Gasteiger partial charge in [-0.25, -0.2) is 4.79 Å². The lowest BCUT2D eigenvalue weighted by Gasteiger charge is -2.38. The molecule has 20 heavy (non-hydrogen) atoms. The highest BCUT2D eigenvalue weighted by molar-refractivity contribution is 5.79. The molecular weight excluding hydrogens is 260 g/mol. The van der Waals surface area contributed by atoms with Crippen LogP contribution in [0.2, 0.25) is 0 Å². The largest absolute Gasteiger partial charge is 0.444 e. The number of aliphatic hydroxyl groups is 1. The minimum Gasteiger partial charge on any atom is -0.444 e. The Labute approximate surface area is 119 Å². The third-order valence-corrected chi connectivity index (χ3v) is 3.63. The molecule has 2 fully saturated rings. The fourth-order valence-electron chi connectivity index (χ4n) is 2.77. The van der Waals surface area contributed by atoms with E-state index < -0.39 is 11.7 Å². The molecule has 1 unspecified atom stereocenters. The van der Waals surface area contributed by atoms with Gasteiger partial charge in [0.25, 0.3) is 0 Å². The zero-order valence-corrected chi connectivity index (χ0v) is 12.5. The van der Waals surface area contributed by atoms with Crippen LogP contribution >= 0.6 is 0 Å². The van der Waals surface area contributed by atoms with E-state index in [4.69, 9.17) is 4.74 Å². The van der Waals surface area contributed by atoms with Gasteiger partial charge >= 0.3 is 6.09 Å². The second-order valence-electron chi connectivity index (χ2n) is 6.63. The number of ether oxygens (including phenoxy) is 1. The van der Waals surface area contributed by atoms with E-state index in [1.807, 2.05) is 20.8 Å². The summed E-state index contributed by atoms with van der Waals surface area (Å²) in [6, 6.07) is 0.000850. The van der Waals surface area contributed by atoms with Crippen molar-refractivity contribution in [3.63, 3.8) is 0 Å². The van der Waals surface area contributed by atoms with Gasteiger partial charge in [-0.3, -0.25) is 4.79 Å². The molecule has 0 bridgehead atoms. The number of aliphatic hydroxyl groups excluding tert-OH is 1. The van der Waals surface area contributed by atoms with Gasteiger partial charge in [0, 0.05) is 25.7 Å². The van der Waals surface area contributed by atoms with Crippen LogP contribution in [-0.4, -0.2) is 64.3 Å². The van der Waals surface area contributed by atoms with Crippen LogP contribution in [0.15, 0.2) is 0 Å². The van der Waals surface area contributed by atoms with Crippen molar-refractivity contribution < 1.29 is 19.4 Å². The number of piperidine rings is 1. The Morgan fingerprint density at radius 3 is 2.60 bits per heavy atom. The minimum atomic E-state index is -0.570. The molecule has 0 aromatic rings. The van der Waals surface area contributed by atoms with Crippen molar-refractivity contribution in [1.82, 2.24) is 9.80 Å². The van der Waals surface area contributed by atoms with Gasteiger partial charge in [0.05, 0.1) is 12.5 Å². The predicted molar refractivity (Wildman–Crippen MR) is 73.2 cm³/mol. The number of hydrogen-bond acceptors (Lipinski definition) is 4. The number of carbonyl (C=O) groups is 2. The van der Waals surface area contributed by atoms with Gasteiger partial charge < -0.3 is 19.6 Å². The van der Waals surface area contributed by atoms with Gasteiger partial charge in [-0.2, -0.15) is 0 Å². The first-order chi connectivity index (χ1) is 9.26. The zero-order chi connectivity index (χ0) is 14.9. The fourth-order valence-corrected chi connectivity index (χ4v) is 2.77. The average Bonchev–Trinajstić information content (AvgIpc) is 2.66. The second kappa shape index (κ2) is 5.60. The predicted octanol–water partition coefficient (Wildman–Crippen LogP) is 0.979. The summed E-state index contributed by atoms with van der Waals surface area (Å²) in [7, 11) is 0. The van der Waals surface area contributed by atoms with E-state index in [0.717, 1.165) is 12.8 Å². The number of amides is 2. The Morgan fingerprint density at radius 2 is 2.05 bits per heavy atom. The molecule has 0 spiro atoms. The standard InChI is InChI=1S/C14H24N2O4/c1-14(2,3)20-13(19)15-6-4-5-10(8-15)16-9-11(17)7-12(16)18/h10-11,17H,4-9H2,1-3H3/t10-,11?/m1/s1. The van der Waals surface area contributed by atoms with E-state index in [0.29, 0.717) is 19.6 Å². The molecule has 2 rings (SSSR count). The van der Waals surface area contributed by atoms with Gasteiger partial charge in [0.1, 0.15) is 5.60 Å². The second-order valence-corrected chi connectivity index (χ2v) is 6.63. The van der Waals surface area contributed by atoms with Crippen LogP contribution in [0, 0.1) is 0 Å². The van der Waals surface area contributed by atoms with Crippen molar-refractivity contribution in [2.24, 2.45) is 0 Å². The fraction of sp³-hybridized carbons (Fsp3) is 0.857. The van der Waals surface area contributed by atoms with E-state index in [1.54, 1.807) is 9.80 Å². The molecule has 0 radical (unpaired) electrons. The molecule has 114 valence electrons. The molecule has 2 saturated heterocycles. The molecule has 2 atom stereocenters. The van der Waals surface area contributed by atoms with Gasteiger partial charge in [-0.15, -0.1) is 0 Å². The van der Waals surface area contributed by atoms with Crippen LogP contribution in [0.5, 0.6) is 0 Å². The number of likely N-dealkylation sites (tertiary alicyclic amines) is 2. The molecular formula is C14H24N2O4. The summed E-state index contributed by atoms with van der Waals surface area (Å²) in [6.07, 6.45) is 1.03. The monoisotopic (exact) mass is 284 g/mol. The number of hydrogen-bond donors (Lipinski definition) is 1. The summed E-state index contributed by atoms with van der Waals surface area (Å²) in [5.74, 6) is -0.0199. The van der Waals surface area contributed by atoms with Gasteiger partial charge in [-0.05, 0) is 33.6 Å². The van der Waals surface area contributed by atoms with Crippen molar-refractivity contribution in [2.75, 3.05) is 19.6 Å². The highest BCUT2D eigenvalue weighted by Gasteiger charge is 2.37. The van der Waals surface area contributed by atoms with Crippen LogP contribution in [0.4, 0.5) is 4.79 Å². The lowest BCUT2D eigenvalue weighted by Crippen LogP contribution is -2.51. The maximum absolute atomic E-state index is 12.1. The molecule has 6 nitrogen and oxygen atoms in total. The van der Waals surface area contributed by atoms with Crippen molar-refractivity contribution in [2.45, 2.75) is 57.8 Å². The number of carbonyl (C=O) groups excluding carboxylic acids is 2. The Morgan fingerprint density at radius 1 is 1.35 bits per heavy atom. The third-order valence-electron chi connectivity index (χ3n) is 3.63. The van der Waals surface area contributed by atoms with Crippen LogP contribution < -0.4 is 0 Å². The molecule has 0 saturated carbocycles. The Balaban J connectivity index is 1.95. The van der Waals surface area contributed by atoms with Crippen LogP contribution in [0.1, 0.15) is 40.0 Å². The Hall–Kier alpha value is -1.30. The lowest BCUT2D eigenvalue weighted by molar-refractivity contribution is -0.130. The van der Waals surface area contributed by atoms with Crippen molar-refractivity contribution in [3.05, 3.63) is 0 Å². The zero-order valence-electron chi connectivity index (χ0n) is 12.5. The minimum absolute atomic E-state index is 0.000850. The number of rotatable bonds is 1. The van der Waals surface area contributed by atoms with Crippen molar-refractivity contribution in [3.8, 4) is 0 Å². The first kappa shape index (κ1) is 15.1. The highest BCUT2D eigenvalue weighted by Crippen LogP contribution is 2.23. The molecule has 2 amide bonds. The van der Waals surface area contributed by atoms with Crippen molar-refractivity contribution in [1.29, 1.82) is 0 Å². The Kier molecular flexibility index (Phi) is 4.22. The van der Waals surface area contributed by atoms with Gasteiger partial charge in [0.15, 0.2) is 0 Å². The van der Waals surface area contributed by atoms with E-state index >= 15 is 0 Å². The van der Waals surface area contributed by atoms with Gasteiger partial charge in [-0.1, -0.05) is 0 Å². The SMILES string of the molecule is CC(C)(C)OC(=O)N1CCC[C@@H](N2CC(O)CC2=O)C1. The quantitative estimate of drug-likeness (QED) is 0.779. The molecule has 2 aliphatic rings. The summed E-state index contributed by atoms with van der Waals surface area (Å²) < 4.78 is 5.37. The third kappa shape index (κ3) is 3.62. The smallest absolute Gasteiger partial charge is 0.410 e. The first-order valence-corrected chi connectivity index (χ1v) is 7.22. The van der Waals surface area contributed by atoms with E-state index in [9.17, 15) is 14.7 Å². The van der Waals surface area contributed by atoms with Crippen molar-refractivity contribution >= 4 is 12.0 Å². The van der Waals surface area contributed by atoms with Gasteiger partial charge in [0.2, 0.25) is 5.91 Å². The van der Waals surface area contributed by atoms with Crippen LogP contribution in [-0.2, 0) is 9.53 Å². The number of β-amino-alcohol motifs (C(OH)–C–C–N with tert-alkyl or cyclic N) is 1. The summed E-state index contributed by atoms with van der Waals surface area (Å²) >= 11 is 0. The van der Waals surface area contributed by atoms with Crippen LogP contribution in [0.25, 0.3) is 0 Å². The first-order valence-electron chi connectivity index (χ1n) is 7.22. The normalized spacial score (nSPS) is 27.9. The lowest BCUT2D eigenvalue weighted by atomic mass is 10.0. The highest BCUT2D eigenvalue weighted by atomic mass is 16.6. The van der Waals surface area contributed by atoms with Crippen LogP contribution in [0.3, 0.4) is 0 Å². The summed E-state index contributed by atoms with van der Waals surface area (Å²) in [6.45, 7) is 7.06. The summed E-state index contributed by atoms with van der Waals surface area (Å²) in [5, 5.41) is 9.56. The topological polar surface area (TPSA) is 70.1 Å². The molecule has 2 heterocycles. The molecule has 2 aliphatic heterocycles. The van der Waals surface area contributed by atoms with E-state index in [2.05, 4.69) is 0 Å². The van der Waals surface area contributed by atoms with E-state index in [1.165, 1.54) is 0 Å². The molecule has 0 aromatic carbocycles. The molecule has 6 heteroatoms. The number of nitrogens with zero attached hydrogens (tertiary/aromatic N) is 2. The molecule has 0 aromatic heterocycles. The molecule has 0 aliphatic carbocycles. The Bertz CT molecular complexity index is 391. The maximum atomic E-state index is 12.1. The van der Waals surface area contributed by atoms with E-state index in [-0.39, 0.29) is 24.5 Å². The average molecular weight is 284 g/mol. The summed E-state index contributed by atoms with van der Waals surface area (Å²) in [5.41, 5.74) is -0.510. The molecule has 1 N–H and O–H groups in total. The maximum Gasteiger partial charge on any atom is 0.410 e.